The highest BCUT2D eigenvalue weighted by molar-refractivity contribution is 7.93. The first kappa shape index (κ1) is 15.5. The van der Waals surface area contributed by atoms with Gasteiger partial charge in [-0.3, -0.25) is 4.68 Å². The first-order valence-corrected chi connectivity index (χ1v) is 9.62. The average Bonchev–Trinajstić information content (AvgIpc) is 2.67. The standard InChI is InChI=1S/C12H15N3O4S2/c1-15-12(13)9(7-14-15)8-5-4-6-10(20(2,16)17)11(8)21(3,18)19/h4-7H,13H2,1-3H3. The Labute approximate surface area is 123 Å². The van der Waals surface area contributed by atoms with E-state index in [-0.39, 0.29) is 21.2 Å². The summed E-state index contributed by atoms with van der Waals surface area (Å²) in [5.74, 6) is 0.255. The van der Waals surface area contributed by atoms with Crippen molar-refractivity contribution >= 4 is 25.5 Å². The fourth-order valence-corrected chi connectivity index (χ4v) is 4.75. The van der Waals surface area contributed by atoms with Gasteiger partial charge in [0.2, 0.25) is 0 Å². The molecule has 1 heterocycles. The van der Waals surface area contributed by atoms with Gasteiger partial charge in [-0.25, -0.2) is 16.8 Å². The lowest BCUT2D eigenvalue weighted by Gasteiger charge is -2.12. The van der Waals surface area contributed by atoms with Crippen molar-refractivity contribution in [2.24, 2.45) is 7.05 Å². The highest BCUT2D eigenvalue weighted by Crippen LogP contribution is 2.35. The van der Waals surface area contributed by atoms with Crippen LogP contribution in [0, 0.1) is 0 Å². The first-order chi connectivity index (χ1) is 9.53. The van der Waals surface area contributed by atoms with Gasteiger partial charge in [0.15, 0.2) is 19.7 Å². The molecule has 0 unspecified atom stereocenters. The van der Waals surface area contributed by atoms with Crippen molar-refractivity contribution in [3.05, 3.63) is 24.4 Å². The summed E-state index contributed by atoms with van der Waals surface area (Å²) in [6.45, 7) is 0. The Morgan fingerprint density at radius 3 is 2.10 bits per heavy atom. The van der Waals surface area contributed by atoms with Crippen LogP contribution in [0.3, 0.4) is 0 Å². The second-order valence-corrected chi connectivity index (χ2v) is 8.68. The Balaban J connectivity index is 2.96. The second-order valence-electron chi connectivity index (χ2n) is 4.74. The summed E-state index contributed by atoms with van der Waals surface area (Å²) < 4.78 is 49.3. The predicted molar refractivity (Wildman–Crippen MR) is 79.3 cm³/mol. The van der Waals surface area contributed by atoms with E-state index in [0.29, 0.717) is 5.56 Å². The molecule has 2 aromatic rings. The largest absolute Gasteiger partial charge is 0.383 e. The number of benzene rings is 1. The van der Waals surface area contributed by atoms with E-state index >= 15 is 0 Å². The summed E-state index contributed by atoms with van der Waals surface area (Å²) in [5.41, 5.74) is 6.47. The zero-order valence-electron chi connectivity index (χ0n) is 11.7. The molecule has 0 saturated heterocycles. The third kappa shape index (κ3) is 2.79. The van der Waals surface area contributed by atoms with Crippen LogP contribution in [0.4, 0.5) is 5.82 Å². The Morgan fingerprint density at radius 2 is 1.67 bits per heavy atom. The monoisotopic (exact) mass is 329 g/mol. The average molecular weight is 329 g/mol. The molecule has 0 aliphatic carbocycles. The maximum Gasteiger partial charge on any atom is 0.177 e. The molecule has 7 nitrogen and oxygen atoms in total. The number of anilines is 1. The van der Waals surface area contributed by atoms with Gasteiger partial charge >= 0.3 is 0 Å². The van der Waals surface area contributed by atoms with Crippen molar-refractivity contribution in [1.82, 2.24) is 9.78 Å². The fourth-order valence-electron chi connectivity index (χ4n) is 2.06. The molecule has 0 amide bonds. The summed E-state index contributed by atoms with van der Waals surface area (Å²) in [4.78, 5) is -0.502. The third-order valence-electron chi connectivity index (χ3n) is 3.02. The van der Waals surface area contributed by atoms with Gasteiger partial charge in [-0.15, -0.1) is 0 Å². The number of sulfone groups is 2. The Kier molecular flexibility index (Phi) is 3.58. The van der Waals surface area contributed by atoms with Crippen molar-refractivity contribution in [2.45, 2.75) is 9.79 Å². The van der Waals surface area contributed by atoms with Crippen LogP contribution in [0.15, 0.2) is 34.2 Å². The molecular weight excluding hydrogens is 314 g/mol. The molecule has 21 heavy (non-hydrogen) atoms. The molecule has 0 atom stereocenters. The van der Waals surface area contributed by atoms with Crippen molar-refractivity contribution in [2.75, 3.05) is 18.2 Å². The molecular formula is C12H15N3O4S2. The van der Waals surface area contributed by atoms with E-state index in [4.69, 9.17) is 5.73 Å². The van der Waals surface area contributed by atoms with Gasteiger partial charge in [0, 0.05) is 30.7 Å². The zero-order chi connectivity index (χ0) is 16.0. The Bertz CT molecular complexity index is 912. The van der Waals surface area contributed by atoms with Crippen molar-refractivity contribution in [3.63, 3.8) is 0 Å². The maximum absolute atomic E-state index is 12.1. The molecule has 0 fully saturated rings. The number of hydrogen-bond acceptors (Lipinski definition) is 6. The third-order valence-corrected chi connectivity index (χ3v) is 5.47. The van der Waals surface area contributed by atoms with Crippen LogP contribution in [-0.4, -0.2) is 39.1 Å². The van der Waals surface area contributed by atoms with Gasteiger partial charge in [0.05, 0.1) is 16.0 Å². The molecule has 0 bridgehead atoms. The minimum atomic E-state index is -3.77. The quantitative estimate of drug-likeness (QED) is 0.876. The van der Waals surface area contributed by atoms with Crippen LogP contribution in [0.25, 0.3) is 11.1 Å². The van der Waals surface area contributed by atoms with Gasteiger partial charge in [0.25, 0.3) is 0 Å². The Morgan fingerprint density at radius 1 is 1.05 bits per heavy atom. The van der Waals surface area contributed by atoms with Gasteiger partial charge in [0.1, 0.15) is 5.82 Å². The SMILES string of the molecule is Cn1ncc(-c2cccc(S(C)(=O)=O)c2S(C)(=O)=O)c1N. The summed E-state index contributed by atoms with van der Waals surface area (Å²) in [5, 5.41) is 3.95. The number of nitrogen functional groups attached to an aromatic ring is 1. The summed E-state index contributed by atoms with van der Waals surface area (Å²) in [7, 11) is -5.86. The number of nitrogens with two attached hydrogens (primary N) is 1. The first-order valence-electron chi connectivity index (χ1n) is 5.84. The van der Waals surface area contributed by atoms with Gasteiger partial charge in [-0.2, -0.15) is 5.10 Å². The Hall–Kier alpha value is -1.87. The van der Waals surface area contributed by atoms with Crippen molar-refractivity contribution in [3.8, 4) is 11.1 Å². The lowest BCUT2D eigenvalue weighted by molar-refractivity contribution is 0.589. The molecule has 2 rings (SSSR count). The number of rotatable bonds is 3. The molecule has 0 spiro atoms. The number of hydrogen-bond donors (Lipinski definition) is 1. The van der Waals surface area contributed by atoms with Crippen molar-refractivity contribution < 1.29 is 16.8 Å². The molecule has 0 aliphatic heterocycles. The van der Waals surface area contributed by atoms with E-state index in [2.05, 4.69) is 5.10 Å². The van der Waals surface area contributed by atoms with E-state index in [1.54, 1.807) is 7.05 Å². The van der Waals surface area contributed by atoms with E-state index < -0.39 is 19.7 Å². The molecule has 0 saturated carbocycles. The molecule has 9 heteroatoms. The molecule has 114 valence electrons. The van der Waals surface area contributed by atoms with Gasteiger partial charge in [-0.05, 0) is 6.07 Å². The van der Waals surface area contributed by atoms with Crippen molar-refractivity contribution in [1.29, 1.82) is 0 Å². The smallest absolute Gasteiger partial charge is 0.177 e. The van der Waals surface area contributed by atoms with Gasteiger partial charge in [-0.1, -0.05) is 12.1 Å². The topological polar surface area (TPSA) is 112 Å². The second kappa shape index (κ2) is 4.85. The van der Waals surface area contributed by atoms with Gasteiger partial charge < -0.3 is 5.73 Å². The number of aromatic nitrogens is 2. The molecule has 0 radical (unpaired) electrons. The number of nitrogens with zero attached hydrogens (tertiary/aromatic N) is 2. The fraction of sp³-hybridized carbons (Fsp3) is 0.250. The van der Waals surface area contributed by atoms with Crippen LogP contribution in [0.5, 0.6) is 0 Å². The van der Waals surface area contributed by atoms with E-state index in [1.807, 2.05) is 0 Å². The minimum Gasteiger partial charge on any atom is -0.383 e. The van der Waals surface area contributed by atoms with Crippen LogP contribution >= 0.6 is 0 Å². The van der Waals surface area contributed by atoms with E-state index in [0.717, 1.165) is 12.5 Å². The van der Waals surface area contributed by atoms with Crippen LogP contribution in [-0.2, 0) is 26.7 Å². The van der Waals surface area contributed by atoms with E-state index in [9.17, 15) is 16.8 Å². The maximum atomic E-state index is 12.1. The molecule has 1 aromatic heterocycles. The van der Waals surface area contributed by atoms with Crippen LogP contribution in [0.1, 0.15) is 0 Å². The normalized spacial score (nSPS) is 12.5. The predicted octanol–water partition coefficient (Wildman–Crippen LogP) is 0.476. The summed E-state index contributed by atoms with van der Waals surface area (Å²) >= 11 is 0. The number of aryl methyl sites for hydroxylation is 1. The summed E-state index contributed by atoms with van der Waals surface area (Å²) in [6, 6.07) is 4.26. The lowest BCUT2D eigenvalue weighted by atomic mass is 10.1. The van der Waals surface area contributed by atoms with Crippen LogP contribution in [0.2, 0.25) is 0 Å². The molecule has 1 aromatic carbocycles. The zero-order valence-corrected chi connectivity index (χ0v) is 13.4. The highest BCUT2D eigenvalue weighted by atomic mass is 32.2. The highest BCUT2D eigenvalue weighted by Gasteiger charge is 2.26. The van der Waals surface area contributed by atoms with E-state index in [1.165, 1.54) is 29.1 Å². The van der Waals surface area contributed by atoms with Crippen LogP contribution < -0.4 is 5.73 Å². The summed E-state index contributed by atoms with van der Waals surface area (Å²) in [6.07, 6.45) is 3.34. The minimum absolute atomic E-state index is 0.228. The molecule has 0 aliphatic rings. The lowest BCUT2D eigenvalue weighted by Crippen LogP contribution is -2.09. The molecule has 2 N–H and O–H groups in total.